The van der Waals surface area contributed by atoms with Crippen molar-refractivity contribution in [2.45, 2.75) is 32.4 Å². The van der Waals surface area contributed by atoms with Crippen LogP contribution in [0.1, 0.15) is 24.1 Å². The van der Waals surface area contributed by atoms with Gasteiger partial charge in [-0.1, -0.05) is 60.7 Å². The number of piperidine rings is 1. The van der Waals surface area contributed by atoms with E-state index in [1.54, 1.807) is 18.2 Å². The number of phenols is 1. The summed E-state index contributed by atoms with van der Waals surface area (Å²) in [6, 6.07) is 29.5. The molecular formula is C35H32N6O3. The average molecular weight is 585 g/mol. The lowest BCUT2D eigenvalue weighted by molar-refractivity contribution is 0.0567. The van der Waals surface area contributed by atoms with Gasteiger partial charge in [0.2, 0.25) is 0 Å². The largest absolute Gasteiger partial charge is 0.508 e. The Morgan fingerprint density at radius 2 is 1.75 bits per heavy atom. The maximum absolute atomic E-state index is 12.3. The molecule has 9 heteroatoms. The van der Waals surface area contributed by atoms with Crippen LogP contribution in [-0.2, 0) is 11.3 Å². The first-order chi connectivity index (χ1) is 21.5. The van der Waals surface area contributed by atoms with Gasteiger partial charge in [-0.05, 0) is 49.1 Å². The van der Waals surface area contributed by atoms with Crippen molar-refractivity contribution in [3.05, 3.63) is 108 Å². The second kappa shape index (κ2) is 11.8. The number of pyridine rings is 1. The third-order valence-electron chi connectivity index (χ3n) is 8.00. The number of hydrogen-bond acceptors (Lipinski definition) is 7. The molecule has 7 rings (SSSR count). The summed E-state index contributed by atoms with van der Waals surface area (Å²) >= 11 is 0. The first-order valence-corrected chi connectivity index (χ1v) is 14.8. The summed E-state index contributed by atoms with van der Waals surface area (Å²) in [5.74, 6) is 0.0950. The van der Waals surface area contributed by atoms with E-state index in [2.05, 4.69) is 62.8 Å². The highest BCUT2D eigenvalue weighted by molar-refractivity contribution is 5.90. The maximum Gasteiger partial charge on any atom is 0.411 e. The molecule has 44 heavy (non-hydrogen) atoms. The smallest absolute Gasteiger partial charge is 0.411 e. The van der Waals surface area contributed by atoms with Crippen molar-refractivity contribution >= 4 is 28.5 Å². The molecule has 1 aliphatic rings. The highest BCUT2D eigenvalue weighted by Crippen LogP contribution is 2.34. The molecule has 1 amide bonds. The lowest BCUT2D eigenvalue weighted by Gasteiger charge is -2.31. The second-order valence-corrected chi connectivity index (χ2v) is 11.2. The standard InChI is InChI=1S/C35H32N6O3/c1-23-18-32-36-21-27-19-31(25-6-3-2-4-7-25)33(38-34(27)41(32)39-23)26-12-10-24(11-13-26)22-40-16-14-30(15-17-40)44-35(43)37-28-8-5-9-29(42)20-28/h2-13,18-21,30,42H,14-17,22H2,1H3,(H,37,43). The van der Waals surface area contributed by atoms with Crippen molar-refractivity contribution in [1.29, 1.82) is 0 Å². The van der Waals surface area contributed by atoms with Gasteiger partial charge >= 0.3 is 6.09 Å². The van der Waals surface area contributed by atoms with Crippen molar-refractivity contribution in [1.82, 2.24) is 24.5 Å². The Kier molecular flexibility index (Phi) is 7.37. The lowest BCUT2D eigenvalue weighted by Crippen LogP contribution is -2.38. The molecule has 3 aromatic heterocycles. The van der Waals surface area contributed by atoms with E-state index in [-0.39, 0.29) is 11.9 Å². The van der Waals surface area contributed by atoms with Crippen LogP contribution < -0.4 is 5.32 Å². The minimum atomic E-state index is -0.499. The fourth-order valence-electron chi connectivity index (χ4n) is 5.80. The molecule has 0 spiro atoms. The number of aryl methyl sites for hydroxylation is 1. The summed E-state index contributed by atoms with van der Waals surface area (Å²) in [4.78, 5) is 24.5. The molecular weight excluding hydrogens is 552 g/mol. The zero-order valence-electron chi connectivity index (χ0n) is 24.4. The molecule has 0 radical (unpaired) electrons. The van der Waals surface area contributed by atoms with E-state index in [1.165, 1.54) is 11.6 Å². The Morgan fingerprint density at radius 1 is 0.955 bits per heavy atom. The molecule has 0 atom stereocenters. The van der Waals surface area contributed by atoms with Crippen LogP contribution in [0.5, 0.6) is 5.75 Å². The van der Waals surface area contributed by atoms with E-state index < -0.39 is 6.09 Å². The van der Waals surface area contributed by atoms with Gasteiger partial charge in [-0.25, -0.2) is 14.8 Å². The molecule has 6 aromatic rings. The van der Waals surface area contributed by atoms with Crippen molar-refractivity contribution in [3.63, 3.8) is 0 Å². The van der Waals surface area contributed by atoms with Crippen molar-refractivity contribution in [2.75, 3.05) is 18.4 Å². The Balaban J connectivity index is 1.06. The van der Waals surface area contributed by atoms with Crippen LogP contribution in [0.25, 0.3) is 39.1 Å². The van der Waals surface area contributed by atoms with Crippen LogP contribution in [0.15, 0.2) is 97.2 Å². The van der Waals surface area contributed by atoms with Gasteiger partial charge in [0.25, 0.3) is 0 Å². The highest BCUT2D eigenvalue weighted by atomic mass is 16.6. The van der Waals surface area contributed by atoms with Gasteiger partial charge in [0, 0.05) is 60.2 Å². The Labute approximate surface area is 254 Å². The van der Waals surface area contributed by atoms with Gasteiger partial charge in [0.15, 0.2) is 11.3 Å². The van der Waals surface area contributed by atoms with Gasteiger partial charge in [-0.3, -0.25) is 10.2 Å². The molecule has 0 bridgehead atoms. The van der Waals surface area contributed by atoms with Gasteiger partial charge in [-0.15, -0.1) is 0 Å². The number of hydrogen-bond donors (Lipinski definition) is 2. The summed E-state index contributed by atoms with van der Waals surface area (Å²) in [6.45, 7) is 4.45. The molecule has 1 aliphatic heterocycles. The Bertz CT molecular complexity index is 1950. The van der Waals surface area contributed by atoms with Crippen LogP contribution in [0, 0.1) is 6.92 Å². The van der Waals surface area contributed by atoms with Crippen LogP contribution in [0.3, 0.4) is 0 Å². The highest BCUT2D eigenvalue weighted by Gasteiger charge is 2.23. The van der Waals surface area contributed by atoms with E-state index in [9.17, 15) is 9.90 Å². The molecule has 1 saturated heterocycles. The molecule has 3 aromatic carbocycles. The Morgan fingerprint density at radius 3 is 2.52 bits per heavy atom. The zero-order chi connectivity index (χ0) is 30.0. The molecule has 9 nitrogen and oxygen atoms in total. The van der Waals surface area contributed by atoms with Crippen molar-refractivity contribution < 1.29 is 14.6 Å². The predicted molar refractivity (Wildman–Crippen MR) is 170 cm³/mol. The van der Waals surface area contributed by atoms with E-state index >= 15 is 0 Å². The first-order valence-electron chi connectivity index (χ1n) is 14.8. The summed E-state index contributed by atoms with van der Waals surface area (Å²) in [6.07, 6.45) is 2.77. The number of amides is 1. The normalized spacial score (nSPS) is 14.2. The fourth-order valence-corrected chi connectivity index (χ4v) is 5.80. The molecule has 0 unspecified atom stereocenters. The van der Waals surface area contributed by atoms with Gasteiger partial charge < -0.3 is 9.84 Å². The number of aromatic nitrogens is 4. The van der Waals surface area contributed by atoms with Crippen LogP contribution in [0.2, 0.25) is 0 Å². The third kappa shape index (κ3) is 5.82. The van der Waals surface area contributed by atoms with Gasteiger partial charge in [-0.2, -0.15) is 9.61 Å². The topological polar surface area (TPSA) is 105 Å². The van der Waals surface area contributed by atoms with Crippen LogP contribution in [-0.4, -0.2) is 54.9 Å². The zero-order valence-corrected chi connectivity index (χ0v) is 24.4. The molecule has 4 heterocycles. The van der Waals surface area contributed by atoms with E-state index in [4.69, 9.17) is 9.72 Å². The summed E-state index contributed by atoms with van der Waals surface area (Å²) < 4.78 is 7.45. The molecule has 0 saturated carbocycles. The first kappa shape index (κ1) is 27.5. The van der Waals surface area contributed by atoms with E-state index in [1.807, 2.05) is 41.9 Å². The Hall–Kier alpha value is -5.28. The summed E-state index contributed by atoms with van der Waals surface area (Å²) in [7, 11) is 0. The monoisotopic (exact) mass is 584 g/mol. The van der Waals surface area contributed by atoms with E-state index in [0.29, 0.717) is 5.69 Å². The number of aromatic hydroxyl groups is 1. The second-order valence-electron chi connectivity index (χ2n) is 11.2. The van der Waals surface area contributed by atoms with Crippen molar-refractivity contribution in [3.8, 4) is 28.1 Å². The predicted octanol–water partition coefficient (Wildman–Crippen LogP) is 6.84. The number of nitrogens with zero attached hydrogens (tertiary/aromatic N) is 5. The SMILES string of the molecule is Cc1cc2ncc3cc(-c4ccccc4)c(-c4ccc(CN5CCC(OC(=O)Nc6cccc(O)c6)CC5)cc4)nc3n2n1. The number of carbonyl (C=O) groups excluding carboxylic acids is 1. The summed E-state index contributed by atoms with van der Waals surface area (Å²) in [5.41, 5.74) is 8.26. The minimum absolute atomic E-state index is 0.0950. The average Bonchev–Trinajstić information content (AvgIpc) is 3.43. The molecule has 0 aliphatic carbocycles. The maximum atomic E-state index is 12.3. The number of anilines is 1. The van der Waals surface area contributed by atoms with Gasteiger partial charge in [0.1, 0.15) is 11.9 Å². The van der Waals surface area contributed by atoms with Crippen molar-refractivity contribution in [2.24, 2.45) is 0 Å². The number of nitrogens with one attached hydrogen (secondary N) is 1. The number of fused-ring (bicyclic) bond motifs is 3. The van der Waals surface area contributed by atoms with Gasteiger partial charge in [0.05, 0.1) is 11.4 Å². The molecule has 2 N–H and O–H groups in total. The summed E-state index contributed by atoms with van der Waals surface area (Å²) in [5, 5.41) is 17.9. The number of carbonyl (C=O) groups is 1. The molecule has 220 valence electrons. The number of benzene rings is 3. The lowest BCUT2D eigenvalue weighted by atomic mass is 9.97. The fraction of sp³-hybridized carbons (Fsp3) is 0.200. The van der Waals surface area contributed by atoms with Crippen LogP contribution in [0.4, 0.5) is 10.5 Å². The quantitative estimate of drug-likeness (QED) is 0.221. The minimum Gasteiger partial charge on any atom is -0.508 e. The van der Waals surface area contributed by atoms with Crippen LogP contribution >= 0.6 is 0 Å². The number of ether oxygens (including phenoxy) is 1. The molecule has 1 fully saturated rings. The number of rotatable bonds is 6. The number of phenolic OH excluding ortho intramolecular Hbond substituents is 1. The number of likely N-dealkylation sites (tertiary alicyclic amines) is 1. The third-order valence-corrected chi connectivity index (χ3v) is 8.00. The van der Waals surface area contributed by atoms with E-state index in [0.717, 1.165) is 77.2 Å².